The number of halogens is 2. The van der Waals surface area contributed by atoms with Gasteiger partial charge < -0.3 is 14.2 Å². The van der Waals surface area contributed by atoms with Gasteiger partial charge in [-0.2, -0.15) is 5.26 Å². The van der Waals surface area contributed by atoms with Crippen molar-refractivity contribution in [3.63, 3.8) is 0 Å². The molecule has 7 heteroatoms. The molecule has 3 aromatic rings. The number of aryl methyl sites for hydroxylation is 2. The first-order valence-corrected chi connectivity index (χ1v) is 10.5. The van der Waals surface area contributed by atoms with E-state index in [-0.39, 0.29) is 5.91 Å². The Balaban J connectivity index is 1.73. The van der Waals surface area contributed by atoms with E-state index >= 15 is 0 Å². The van der Waals surface area contributed by atoms with Gasteiger partial charge in [-0.1, -0.05) is 23.2 Å². The van der Waals surface area contributed by atoms with Gasteiger partial charge in [0.1, 0.15) is 0 Å². The summed E-state index contributed by atoms with van der Waals surface area (Å²) in [6.45, 7) is 4.12. The third-order valence-corrected chi connectivity index (χ3v) is 6.57. The van der Waals surface area contributed by atoms with Crippen LogP contribution in [0, 0.1) is 18.3 Å². The zero-order valence-corrected chi connectivity index (χ0v) is 18.3. The molecule has 2 heterocycles. The molecule has 1 saturated heterocycles. The second-order valence-electron chi connectivity index (χ2n) is 7.45. The van der Waals surface area contributed by atoms with E-state index in [0.29, 0.717) is 53.9 Å². The molecule has 0 spiro atoms. The quantitative estimate of drug-likeness (QED) is 0.590. The Morgan fingerprint density at radius 2 is 1.93 bits per heavy atom. The van der Waals surface area contributed by atoms with Crippen LogP contribution in [0.5, 0.6) is 0 Å². The van der Waals surface area contributed by atoms with Crippen molar-refractivity contribution < 1.29 is 9.53 Å². The number of ether oxygens (including phenoxy) is 1. The van der Waals surface area contributed by atoms with Crippen LogP contribution >= 0.6 is 23.2 Å². The minimum atomic E-state index is -0.104. The number of rotatable bonds is 3. The standard InChI is InChI=1S/C23H21Cl2N3O2/c1-14-15(13-26)3-6-21-18(14)11-16(27(21)2)12-19-20(24)5-4-17(22(19)25)23(29)28-7-9-30-10-8-28/h3-6,11H,7-10,12H2,1-2H3. The molecule has 1 fully saturated rings. The van der Waals surface area contributed by atoms with Gasteiger partial charge in [-0.05, 0) is 48.4 Å². The van der Waals surface area contributed by atoms with Gasteiger partial charge in [0.05, 0.1) is 35.4 Å². The largest absolute Gasteiger partial charge is 0.378 e. The normalized spacial score (nSPS) is 14.2. The first kappa shape index (κ1) is 20.7. The number of nitriles is 1. The van der Waals surface area contributed by atoms with Gasteiger partial charge in [0.15, 0.2) is 0 Å². The summed E-state index contributed by atoms with van der Waals surface area (Å²) in [7, 11) is 1.98. The number of fused-ring (bicyclic) bond motifs is 1. The highest BCUT2D eigenvalue weighted by Gasteiger charge is 2.23. The van der Waals surface area contributed by atoms with Crippen molar-refractivity contribution in [1.29, 1.82) is 5.26 Å². The first-order valence-electron chi connectivity index (χ1n) is 9.74. The molecule has 0 radical (unpaired) electrons. The van der Waals surface area contributed by atoms with Crippen molar-refractivity contribution in [3.05, 3.63) is 68.3 Å². The van der Waals surface area contributed by atoms with Gasteiger partial charge in [0, 0.05) is 48.2 Å². The minimum absolute atomic E-state index is 0.104. The molecule has 1 aliphatic rings. The van der Waals surface area contributed by atoms with E-state index in [1.165, 1.54) is 0 Å². The van der Waals surface area contributed by atoms with Crippen LogP contribution in [0.2, 0.25) is 10.0 Å². The van der Waals surface area contributed by atoms with Crippen LogP contribution in [-0.2, 0) is 18.2 Å². The van der Waals surface area contributed by atoms with Crippen molar-refractivity contribution >= 4 is 40.0 Å². The maximum atomic E-state index is 13.0. The highest BCUT2D eigenvalue weighted by molar-refractivity contribution is 6.38. The molecular weight excluding hydrogens is 421 g/mol. The molecule has 0 bridgehead atoms. The summed E-state index contributed by atoms with van der Waals surface area (Å²) >= 11 is 13.2. The summed E-state index contributed by atoms with van der Waals surface area (Å²) in [5, 5.41) is 11.3. The number of carbonyl (C=O) groups is 1. The van der Waals surface area contributed by atoms with E-state index < -0.39 is 0 Å². The van der Waals surface area contributed by atoms with Crippen molar-refractivity contribution in [2.75, 3.05) is 26.3 Å². The maximum Gasteiger partial charge on any atom is 0.255 e. The molecule has 1 aliphatic heterocycles. The van der Waals surface area contributed by atoms with Crippen molar-refractivity contribution in [1.82, 2.24) is 9.47 Å². The van der Waals surface area contributed by atoms with Crippen molar-refractivity contribution in [3.8, 4) is 6.07 Å². The van der Waals surface area contributed by atoms with E-state index in [0.717, 1.165) is 27.7 Å². The number of hydrogen-bond acceptors (Lipinski definition) is 3. The van der Waals surface area contributed by atoms with Crippen LogP contribution in [0.1, 0.15) is 32.7 Å². The lowest BCUT2D eigenvalue weighted by atomic mass is 10.0. The minimum Gasteiger partial charge on any atom is -0.378 e. The summed E-state index contributed by atoms with van der Waals surface area (Å²) in [4.78, 5) is 14.7. The summed E-state index contributed by atoms with van der Waals surface area (Å²) in [6, 6.07) is 11.5. The Morgan fingerprint density at radius 3 is 2.63 bits per heavy atom. The maximum absolute atomic E-state index is 13.0. The van der Waals surface area contributed by atoms with Crippen LogP contribution in [0.3, 0.4) is 0 Å². The van der Waals surface area contributed by atoms with E-state index in [1.54, 1.807) is 17.0 Å². The average molecular weight is 442 g/mol. The van der Waals surface area contributed by atoms with Crippen LogP contribution in [-0.4, -0.2) is 41.7 Å². The first-order chi connectivity index (χ1) is 14.4. The van der Waals surface area contributed by atoms with E-state index in [1.807, 2.05) is 26.1 Å². The summed E-state index contributed by atoms with van der Waals surface area (Å²) in [5.41, 5.74) is 4.83. The lowest BCUT2D eigenvalue weighted by Gasteiger charge is -2.27. The number of morpholine rings is 1. The number of amides is 1. The van der Waals surface area contributed by atoms with Crippen molar-refractivity contribution in [2.45, 2.75) is 13.3 Å². The Kier molecular flexibility index (Phi) is 5.75. The zero-order chi connectivity index (χ0) is 21.4. The fraction of sp³-hybridized carbons (Fsp3) is 0.304. The number of benzene rings is 2. The lowest BCUT2D eigenvalue weighted by Crippen LogP contribution is -2.40. The summed E-state index contributed by atoms with van der Waals surface area (Å²) in [6.07, 6.45) is 0.481. The molecule has 0 N–H and O–H groups in total. The van der Waals surface area contributed by atoms with Crippen molar-refractivity contribution in [2.24, 2.45) is 7.05 Å². The van der Waals surface area contributed by atoms with Gasteiger partial charge in [-0.3, -0.25) is 4.79 Å². The van der Waals surface area contributed by atoms with Gasteiger partial charge in [-0.25, -0.2) is 0 Å². The predicted octanol–water partition coefficient (Wildman–Crippen LogP) is 4.73. The van der Waals surface area contributed by atoms with Crippen LogP contribution in [0.25, 0.3) is 10.9 Å². The Labute approximate surface area is 185 Å². The molecule has 1 amide bonds. The van der Waals surface area contributed by atoms with E-state index in [4.69, 9.17) is 27.9 Å². The second kappa shape index (κ2) is 8.31. The number of carbonyl (C=O) groups excluding carboxylic acids is 1. The van der Waals surface area contributed by atoms with Crippen LogP contribution in [0.15, 0.2) is 30.3 Å². The number of hydrogen-bond donors (Lipinski definition) is 0. The topological polar surface area (TPSA) is 58.3 Å². The second-order valence-corrected chi connectivity index (χ2v) is 8.23. The SMILES string of the molecule is Cc1c(C#N)ccc2c1cc(Cc1c(Cl)ccc(C(=O)N3CCOCC3)c1Cl)n2C. The lowest BCUT2D eigenvalue weighted by molar-refractivity contribution is 0.0303. The molecule has 0 saturated carbocycles. The average Bonchev–Trinajstić information content (AvgIpc) is 3.08. The molecule has 0 aliphatic carbocycles. The molecule has 5 nitrogen and oxygen atoms in total. The smallest absolute Gasteiger partial charge is 0.255 e. The molecule has 154 valence electrons. The summed E-state index contributed by atoms with van der Waals surface area (Å²) in [5.74, 6) is -0.104. The third-order valence-electron chi connectivity index (χ3n) is 5.79. The van der Waals surface area contributed by atoms with Gasteiger partial charge in [0.25, 0.3) is 5.91 Å². The molecule has 2 aromatic carbocycles. The highest BCUT2D eigenvalue weighted by Crippen LogP contribution is 2.33. The Morgan fingerprint density at radius 1 is 1.20 bits per heavy atom. The fourth-order valence-electron chi connectivity index (χ4n) is 3.94. The Hall–Kier alpha value is -2.52. The molecule has 0 unspecified atom stereocenters. The zero-order valence-electron chi connectivity index (χ0n) is 16.8. The molecular formula is C23H21Cl2N3O2. The van der Waals surface area contributed by atoms with E-state index in [9.17, 15) is 10.1 Å². The van der Waals surface area contributed by atoms with Gasteiger partial charge >= 0.3 is 0 Å². The predicted molar refractivity (Wildman–Crippen MR) is 118 cm³/mol. The van der Waals surface area contributed by atoms with Gasteiger partial charge in [-0.15, -0.1) is 0 Å². The van der Waals surface area contributed by atoms with Crippen LogP contribution in [0.4, 0.5) is 0 Å². The molecule has 1 aromatic heterocycles. The highest BCUT2D eigenvalue weighted by atomic mass is 35.5. The monoisotopic (exact) mass is 441 g/mol. The number of aromatic nitrogens is 1. The molecule has 0 atom stereocenters. The van der Waals surface area contributed by atoms with Gasteiger partial charge in [0.2, 0.25) is 0 Å². The third kappa shape index (κ3) is 3.56. The van der Waals surface area contributed by atoms with E-state index in [2.05, 4.69) is 16.7 Å². The van der Waals surface area contributed by atoms with Crippen LogP contribution < -0.4 is 0 Å². The summed E-state index contributed by atoms with van der Waals surface area (Å²) < 4.78 is 7.41. The molecule has 30 heavy (non-hydrogen) atoms. The fourth-order valence-corrected chi connectivity index (χ4v) is 4.53. The Bertz CT molecular complexity index is 1190. The number of nitrogens with zero attached hydrogens (tertiary/aromatic N) is 3. The molecule has 4 rings (SSSR count).